The van der Waals surface area contributed by atoms with Gasteiger partial charge in [-0.3, -0.25) is 4.79 Å². The first kappa shape index (κ1) is 13.4. The topological polar surface area (TPSA) is 62.5 Å². The molecule has 0 unspecified atom stereocenters. The maximum atomic E-state index is 11.6. The lowest BCUT2D eigenvalue weighted by Gasteiger charge is -2.05. The quantitative estimate of drug-likeness (QED) is 0.834. The van der Waals surface area contributed by atoms with E-state index < -0.39 is 0 Å². The molecule has 1 aromatic heterocycles. The molecule has 0 bridgehead atoms. The van der Waals surface area contributed by atoms with Gasteiger partial charge in [-0.15, -0.1) is 0 Å². The van der Waals surface area contributed by atoms with E-state index in [0.29, 0.717) is 19.4 Å². The summed E-state index contributed by atoms with van der Waals surface area (Å²) in [7, 11) is 0. The minimum atomic E-state index is 0.00244. The Kier molecular flexibility index (Phi) is 4.75. The van der Waals surface area contributed by atoms with E-state index in [-0.39, 0.29) is 12.5 Å². The maximum Gasteiger partial charge on any atom is 0.220 e. The van der Waals surface area contributed by atoms with Crippen molar-refractivity contribution in [3.63, 3.8) is 0 Å². The van der Waals surface area contributed by atoms with Crippen LogP contribution in [0.3, 0.4) is 0 Å². The zero-order chi connectivity index (χ0) is 13.5. The molecule has 2 aromatic rings. The van der Waals surface area contributed by atoms with Crippen molar-refractivity contribution in [2.24, 2.45) is 0 Å². The lowest BCUT2D eigenvalue weighted by atomic mass is 10.1. The molecule has 4 heteroatoms. The Labute approximate surface area is 112 Å². The van der Waals surface area contributed by atoms with E-state index in [1.54, 1.807) is 6.26 Å². The Morgan fingerprint density at radius 2 is 1.89 bits per heavy atom. The van der Waals surface area contributed by atoms with Gasteiger partial charge in [0, 0.05) is 19.4 Å². The zero-order valence-corrected chi connectivity index (χ0v) is 10.6. The van der Waals surface area contributed by atoms with Gasteiger partial charge in [0.05, 0.1) is 12.9 Å². The van der Waals surface area contributed by atoms with Crippen LogP contribution >= 0.6 is 0 Å². The molecule has 0 spiro atoms. The lowest BCUT2D eigenvalue weighted by molar-refractivity contribution is -0.121. The molecule has 0 aliphatic rings. The number of aliphatic hydroxyl groups excluding tert-OH is 1. The van der Waals surface area contributed by atoms with Crippen LogP contribution in [0.25, 0.3) is 0 Å². The van der Waals surface area contributed by atoms with Gasteiger partial charge in [-0.25, -0.2) is 0 Å². The second-order valence-electron chi connectivity index (χ2n) is 4.33. The second kappa shape index (κ2) is 6.75. The smallest absolute Gasteiger partial charge is 0.220 e. The van der Waals surface area contributed by atoms with E-state index in [9.17, 15) is 4.79 Å². The fourth-order valence-corrected chi connectivity index (χ4v) is 1.74. The molecule has 1 amide bonds. The molecule has 0 atom stereocenters. The summed E-state index contributed by atoms with van der Waals surface area (Å²) in [6.07, 6.45) is 2.64. The summed E-state index contributed by atoms with van der Waals surface area (Å²) in [6.45, 7) is 0.540. The van der Waals surface area contributed by atoms with Crippen molar-refractivity contribution in [1.82, 2.24) is 5.32 Å². The summed E-state index contributed by atoms with van der Waals surface area (Å²) >= 11 is 0. The van der Waals surface area contributed by atoms with Crippen LogP contribution in [0.1, 0.15) is 23.3 Å². The van der Waals surface area contributed by atoms with E-state index in [2.05, 4.69) is 5.32 Å². The summed E-state index contributed by atoms with van der Waals surface area (Å²) in [5.41, 5.74) is 1.89. The van der Waals surface area contributed by atoms with Gasteiger partial charge in [0.2, 0.25) is 5.91 Å². The Morgan fingerprint density at radius 1 is 1.16 bits per heavy atom. The normalized spacial score (nSPS) is 10.4. The molecule has 19 heavy (non-hydrogen) atoms. The molecule has 0 saturated carbocycles. The summed E-state index contributed by atoms with van der Waals surface area (Å²) in [6, 6.07) is 11.2. The molecule has 2 rings (SSSR count). The molecule has 0 aliphatic carbocycles. The number of rotatable bonds is 6. The fraction of sp³-hybridized carbons (Fsp3) is 0.267. The molecule has 0 radical (unpaired) electrons. The number of benzene rings is 1. The van der Waals surface area contributed by atoms with Crippen LogP contribution in [0, 0.1) is 0 Å². The number of aryl methyl sites for hydroxylation is 1. The van der Waals surface area contributed by atoms with E-state index in [1.807, 2.05) is 36.4 Å². The van der Waals surface area contributed by atoms with Gasteiger partial charge in [0.15, 0.2) is 0 Å². The number of nitrogens with one attached hydrogen (secondary N) is 1. The molecular formula is C15H17NO3. The molecule has 0 aliphatic heterocycles. The van der Waals surface area contributed by atoms with Gasteiger partial charge in [-0.05, 0) is 23.3 Å². The van der Waals surface area contributed by atoms with Crippen molar-refractivity contribution in [2.45, 2.75) is 26.0 Å². The summed E-state index contributed by atoms with van der Waals surface area (Å²) in [5.74, 6) is 0.824. The van der Waals surface area contributed by atoms with Crippen LogP contribution in [0.15, 0.2) is 47.1 Å². The SMILES string of the molecule is O=C(CCc1ccco1)NCc1ccc(CO)cc1. The first-order valence-corrected chi connectivity index (χ1v) is 6.25. The summed E-state index contributed by atoms with van der Waals surface area (Å²) in [5, 5.41) is 11.8. The molecule has 0 fully saturated rings. The van der Waals surface area contributed by atoms with Crippen LogP contribution in [0.2, 0.25) is 0 Å². The van der Waals surface area contributed by atoms with Gasteiger partial charge in [0.25, 0.3) is 0 Å². The number of aliphatic hydroxyl groups is 1. The van der Waals surface area contributed by atoms with Gasteiger partial charge >= 0.3 is 0 Å². The first-order valence-electron chi connectivity index (χ1n) is 6.25. The lowest BCUT2D eigenvalue weighted by Crippen LogP contribution is -2.22. The number of furan rings is 1. The average molecular weight is 259 g/mol. The maximum absolute atomic E-state index is 11.6. The van der Waals surface area contributed by atoms with E-state index in [0.717, 1.165) is 16.9 Å². The second-order valence-corrected chi connectivity index (χ2v) is 4.33. The predicted molar refractivity (Wildman–Crippen MR) is 71.2 cm³/mol. The highest BCUT2D eigenvalue weighted by Gasteiger charge is 2.03. The number of carbonyl (C=O) groups is 1. The van der Waals surface area contributed by atoms with Crippen molar-refractivity contribution in [3.8, 4) is 0 Å². The van der Waals surface area contributed by atoms with Crippen LogP contribution in [0.4, 0.5) is 0 Å². The molecule has 0 saturated heterocycles. The molecule has 1 aromatic carbocycles. The van der Waals surface area contributed by atoms with Gasteiger partial charge in [0.1, 0.15) is 5.76 Å². The zero-order valence-electron chi connectivity index (χ0n) is 10.6. The van der Waals surface area contributed by atoms with Crippen LogP contribution in [0.5, 0.6) is 0 Å². The van der Waals surface area contributed by atoms with Gasteiger partial charge in [-0.1, -0.05) is 24.3 Å². The monoisotopic (exact) mass is 259 g/mol. The van der Waals surface area contributed by atoms with Crippen molar-refractivity contribution < 1.29 is 14.3 Å². The molecule has 4 nitrogen and oxygen atoms in total. The largest absolute Gasteiger partial charge is 0.469 e. The summed E-state index contributed by atoms with van der Waals surface area (Å²) < 4.78 is 5.17. The Hall–Kier alpha value is -2.07. The first-order chi connectivity index (χ1) is 9.28. The minimum Gasteiger partial charge on any atom is -0.469 e. The Balaban J connectivity index is 1.73. The fourth-order valence-electron chi connectivity index (χ4n) is 1.74. The number of hydrogen-bond donors (Lipinski definition) is 2. The van der Waals surface area contributed by atoms with Crippen molar-refractivity contribution in [3.05, 3.63) is 59.5 Å². The average Bonchev–Trinajstić information content (AvgIpc) is 2.96. The minimum absolute atomic E-state index is 0.00244. The predicted octanol–water partition coefficient (Wildman–Crippen LogP) is 2.02. The number of carbonyl (C=O) groups excluding carboxylic acids is 1. The van der Waals surface area contributed by atoms with Gasteiger partial charge in [-0.2, -0.15) is 0 Å². The highest BCUT2D eigenvalue weighted by atomic mass is 16.3. The summed E-state index contributed by atoms with van der Waals surface area (Å²) in [4.78, 5) is 11.6. The highest BCUT2D eigenvalue weighted by molar-refractivity contribution is 5.76. The van der Waals surface area contributed by atoms with Crippen molar-refractivity contribution in [1.29, 1.82) is 0 Å². The molecule has 1 heterocycles. The van der Waals surface area contributed by atoms with Gasteiger partial charge < -0.3 is 14.8 Å². The Morgan fingerprint density at radius 3 is 2.53 bits per heavy atom. The highest BCUT2D eigenvalue weighted by Crippen LogP contribution is 2.05. The number of hydrogen-bond acceptors (Lipinski definition) is 3. The van der Waals surface area contributed by atoms with Crippen LogP contribution < -0.4 is 5.32 Å². The molecule has 2 N–H and O–H groups in total. The van der Waals surface area contributed by atoms with E-state index >= 15 is 0 Å². The van der Waals surface area contributed by atoms with E-state index in [4.69, 9.17) is 9.52 Å². The molecular weight excluding hydrogens is 242 g/mol. The molecule has 100 valence electrons. The third-order valence-corrected chi connectivity index (χ3v) is 2.87. The number of amides is 1. The van der Waals surface area contributed by atoms with E-state index in [1.165, 1.54) is 0 Å². The van der Waals surface area contributed by atoms with Crippen LogP contribution in [-0.2, 0) is 24.4 Å². The third-order valence-electron chi connectivity index (χ3n) is 2.87. The third kappa shape index (κ3) is 4.26. The van der Waals surface area contributed by atoms with Crippen molar-refractivity contribution in [2.75, 3.05) is 0 Å². The standard InChI is InChI=1S/C15H17NO3/c17-11-13-5-3-12(4-6-13)10-16-15(18)8-7-14-2-1-9-19-14/h1-6,9,17H,7-8,10-11H2,(H,16,18). The van der Waals surface area contributed by atoms with Crippen LogP contribution in [-0.4, -0.2) is 11.0 Å². The van der Waals surface area contributed by atoms with Crippen molar-refractivity contribution >= 4 is 5.91 Å². The Bertz CT molecular complexity index is 503.